The molecule has 0 radical (unpaired) electrons. The second kappa shape index (κ2) is 11.1. The molecule has 3 aromatic carbocycles. The monoisotopic (exact) mass is 513 g/mol. The Kier molecular flexibility index (Phi) is 7.70. The van der Waals surface area contributed by atoms with Gasteiger partial charge >= 0.3 is 0 Å². The van der Waals surface area contributed by atoms with E-state index < -0.39 is 0 Å². The van der Waals surface area contributed by atoms with E-state index in [0.29, 0.717) is 34.5 Å². The Hall–Kier alpha value is -3.81. The largest absolute Gasteiger partial charge is 0.497 e. The minimum absolute atomic E-state index is 0.0493. The van der Waals surface area contributed by atoms with Gasteiger partial charge in [0.2, 0.25) is 11.8 Å². The fourth-order valence-electron chi connectivity index (χ4n) is 2.98. The summed E-state index contributed by atoms with van der Waals surface area (Å²) < 4.78 is 33.5. The Balaban J connectivity index is 1.72. The molecule has 0 N–H and O–H groups in total. The minimum atomic E-state index is 0.0493. The maximum Gasteiger partial charge on any atom is 0.245 e. The Labute approximate surface area is 212 Å². The molecular formula is C26H21Cl2NO6. The molecule has 0 aliphatic carbocycles. The molecule has 0 bridgehead atoms. The molecule has 0 unspecified atom stereocenters. The maximum atomic E-state index is 6.63. The lowest BCUT2D eigenvalue weighted by atomic mass is 10.3. The van der Waals surface area contributed by atoms with Gasteiger partial charge in [-0.25, -0.2) is 0 Å². The molecule has 0 atom stereocenters. The van der Waals surface area contributed by atoms with Crippen molar-refractivity contribution in [1.82, 2.24) is 4.98 Å². The highest BCUT2D eigenvalue weighted by atomic mass is 35.5. The van der Waals surface area contributed by atoms with Crippen LogP contribution in [0.25, 0.3) is 0 Å². The van der Waals surface area contributed by atoms with E-state index in [1.165, 1.54) is 0 Å². The van der Waals surface area contributed by atoms with Crippen LogP contribution >= 0.6 is 23.2 Å². The van der Waals surface area contributed by atoms with E-state index in [9.17, 15) is 0 Å². The predicted molar refractivity (Wildman–Crippen MR) is 133 cm³/mol. The third kappa shape index (κ3) is 5.82. The van der Waals surface area contributed by atoms with Crippen LogP contribution in [0.1, 0.15) is 0 Å². The summed E-state index contributed by atoms with van der Waals surface area (Å²) in [5.41, 5.74) is 0. The summed E-state index contributed by atoms with van der Waals surface area (Å²) in [5, 5.41) is 0.146. The van der Waals surface area contributed by atoms with Crippen molar-refractivity contribution in [3.63, 3.8) is 0 Å². The first-order chi connectivity index (χ1) is 17.0. The number of ether oxygens (including phenoxy) is 6. The van der Waals surface area contributed by atoms with Crippen molar-refractivity contribution in [3.05, 3.63) is 82.8 Å². The molecule has 0 aliphatic rings. The number of rotatable bonds is 9. The summed E-state index contributed by atoms with van der Waals surface area (Å²) in [6.45, 7) is 0. The topological polar surface area (TPSA) is 68.3 Å². The van der Waals surface area contributed by atoms with Gasteiger partial charge in [-0.2, -0.15) is 4.98 Å². The first-order valence-electron chi connectivity index (χ1n) is 10.4. The van der Waals surface area contributed by atoms with Crippen LogP contribution in [0, 0.1) is 0 Å². The zero-order valence-electron chi connectivity index (χ0n) is 19.1. The average molecular weight is 514 g/mol. The smallest absolute Gasteiger partial charge is 0.245 e. The van der Waals surface area contributed by atoms with Crippen LogP contribution in [0.5, 0.6) is 52.0 Å². The number of benzene rings is 3. The van der Waals surface area contributed by atoms with Gasteiger partial charge in [0, 0.05) is 0 Å². The van der Waals surface area contributed by atoms with E-state index >= 15 is 0 Å². The van der Waals surface area contributed by atoms with Gasteiger partial charge in [-0.3, -0.25) is 0 Å². The molecule has 7 nitrogen and oxygen atoms in total. The first kappa shape index (κ1) is 24.3. The van der Waals surface area contributed by atoms with Crippen LogP contribution < -0.4 is 28.4 Å². The summed E-state index contributed by atoms with van der Waals surface area (Å²) in [5.74, 6) is 3.70. The fourth-order valence-corrected chi connectivity index (χ4v) is 3.45. The standard InChI is InChI=1S/C26H21Cl2NO6/c1-30-16-4-10-19(11-5-16)33-24-22(27)25(34-20-12-6-17(31-2)7-13-20)29-26(23(24)28)35-21-14-8-18(32-3)9-15-21/h4-15H,1-3H3. The molecule has 0 amide bonds. The SMILES string of the molecule is COc1ccc(Oc2nc(Oc3ccc(OC)cc3)c(Cl)c(Oc3ccc(OC)cc3)c2Cl)cc1. The number of nitrogens with zero attached hydrogens (tertiary/aromatic N) is 1. The van der Waals surface area contributed by atoms with Gasteiger partial charge in [-0.15, -0.1) is 0 Å². The lowest BCUT2D eigenvalue weighted by molar-refractivity contribution is 0.402. The van der Waals surface area contributed by atoms with Crippen molar-refractivity contribution in [3.8, 4) is 52.0 Å². The van der Waals surface area contributed by atoms with E-state index in [-0.39, 0.29) is 27.6 Å². The Bertz CT molecular complexity index is 1210. The van der Waals surface area contributed by atoms with E-state index in [1.807, 2.05) is 0 Å². The summed E-state index contributed by atoms with van der Waals surface area (Å²) in [4.78, 5) is 4.41. The van der Waals surface area contributed by atoms with Crippen molar-refractivity contribution >= 4 is 23.2 Å². The Morgan fingerprint density at radius 3 is 1.06 bits per heavy atom. The first-order valence-corrected chi connectivity index (χ1v) is 11.1. The summed E-state index contributed by atoms with van der Waals surface area (Å²) in [7, 11) is 4.75. The Morgan fingerprint density at radius 1 is 0.457 bits per heavy atom. The lowest BCUT2D eigenvalue weighted by Gasteiger charge is -2.16. The number of hydrogen-bond acceptors (Lipinski definition) is 7. The molecule has 1 heterocycles. The van der Waals surface area contributed by atoms with Crippen molar-refractivity contribution in [2.75, 3.05) is 21.3 Å². The van der Waals surface area contributed by atoms with Crippen LogP contribution in [-0.2, 0) is 0 Å². The van der Waals surface area contributed by atoms with E-state index in [2.05, 4.69) is 4.98 Å². The maximum absolute atomic E-state index is 6.63. The molecule has 4 rings (SSSR count). The molecule has 0 saturated heterocycles. The minimum Gasteiger partial charge on any atom is -0.497 e. The van der Waals surface area contributed by atoms with E-state index in [0.717, 1.165) is 0 Å². The predicted octanol–water partition coefficient (Wildman–Crippen LogP) is 7.79. The third-order valence-corrected chi connectivity index (χ3v) is 5.47. The number of methoxy groups -OCH3 is 3. The molecule has 4 aromatic rings. The fraction of sp³-hybridized carbons (Fsp3) is 0.115. The van der Waals surface area contributed by atoms with Crippen LogP contribution in [0.4, 0.5) is 0 Å². The van der Waals surface area contributed by atoms with E-state index in [1.54, 1.807) is 94.1 Å². The number of aromatic nitrogens is 1. The summed E-state index contributed by atoms with van der Waals surface area (Å²) in [6, 6.07) is 20.8. The molecule has 1 aromatic heterocycles. The van der Waals surface area contributed by atoms with Crippen LogP contribution in [0.15, 0.2) is 72.8 Å². The van der Waals surface area contributed by atoms with Gasteiger partial charge in [-0.05, 0) is 72.8 Å². The highest BCUT2D eigenvalue weighted by molar-refractivity contribution is 6.38. The van der Waals surface area contributed by atoms with Gasteiger partial charge in [0.05, 0.1) is 21.3 Å². The third-order valence-electron chi connectivity index (χ3n) is 4.80. The quantitative estimate of drug-likeness (QED) is 0.226. The summed E-state index contributed by atoms with van der Waals surface area (Å²) in [6.07, 6.45) is 0. The van der Waals surface area contributed by atoms with Crippen LogP contribution in [0.2, 0.25) is 10.0 Å². The van der Waals surface area contributed by atoms with E-state index in [4.69, 9.17) is 51.6 Å². The zero-order valence-corrected chi connectivity index (χ0v) is 20.6. The van der Waals surface area contributed by atoms with Gasteiger partial charge in [0.15, 0.2) is 5.75 Å². The number of pyridine rings is 1. The second-order valence-electron chi connectivity index (χ2n) is 7.01. The molecule has 35 heavy (non-hydrogen) atoms. The molecule has 0 spiro atoms. The number of halogens is 2. The lowest BCUT2D eigenvalue weighted by Crippen LogP contribution is -1.98. The van der Waals surface area contributed by atoms with Crippen molar-refractivity contribution in [1.29, 1.82) is 0 Å². The Morgan fingerprint density at radius 2 is 0.743 bits per heavy atom. The molecule has 9 heteroatoms. The van der Waals surface area contributed by atoms with Gasteiger partial charge < -0.3 is 28.4 Å². The van der Waals surface area contributed by atoms with Gasteiger partial charge in [-0.1, -0.05) is 23.2 Å². The average Bonchev–Trinajstić information content (AvgIpc) is 2.90. The van der Waals surface area contributed by atoms with Gasteiger partial charge in [0.25, 0.3) is 0 Å². The van der Waals surface area contributed by atoms with Crippen molar-refractivity contribution in [2.45, 2.75) is 0 Å². The molecule has 0 fully saturated rings. The normalized spacial score (nSPS) is 10.4. The van der Waals surface area contributed by atoms with Crippen LogP contribution in [-0.4, -0.2) is 26.3 Å². The highest BCUT2D eigenvalue weighted by Crippen LogP contribution is 2.47. The van der Waals surface area contributed by atoms with Crippen molar-refractivity contribution in [2.24, 2.45) is 0 Å². The number of hydrogen-bond donors (Lipinski definition) is 0. The second-order valence-corrected chi connectivity index (χ2v) is 7.77. The summed E-state index contributed by atoms with van der Waals surface area (Å²) >= 11 is 13.3. The molecule has 0 saturated carbocycles. The van der Waals surface area contributed by atoms with Crippen molar-refractivity contribution < 1.29 is 28.4 Å². The van der Waals surface area contributed by atoms with Crippen LogP contribution in [0.3, 0.4) is 0 Å². The molecule has 180 valence electrons. The highest BCUT2D eigenvalue weighted by Gasteiger charge is 2.23. The molecule has 0 aliphatic heterocycles. The van der Waals surface area contributed by atoms with Gasteiger partial charge in [0.1, 0.15) is 44.5 Å². The zero-order chi connectivity index (χ0) is 24.8. The molecular weight excluding hydrogens is 493 g/mol.